The van der Waals surface area contributed by atoms with Gasteiger partial charge >= 0.3 is 0 Å². The second kappa shape index (κ2) is 8.81. The molecule has 1 N–H and O–H groups in total. The Balaban J connectivity index is 1.42. The lowest BCUT2D eigenvalue weighted by Crippen LogP contribution is -2.30. The van der Waals surface area contributed by atoms with Crippen LogP contribution in [0.15, 0.2) is 60.2 Å². The molecule has 0 bridgehead atoms. The third kappa shape index (κ3) is 5.06. The number of phenolic OH excluding ortho intramolecular Hbond substituents is 1. The molecule has 136 valence electrons. The van der Waals surface area contributed by atoms with E-state index in [1.165, 1.54) is 16.7 Å². The zero-order chi connectivity index (χ0) is 18.4. The highest BCUT2D eigenvalue weighted by Crippen LogP contribution is 2.19. The zero-order valence-corrected chi connectivity index (χ0v) is 15.4. The van der Waals surface area contributed by atoms with Gasteiger partial charge in [-0.05, 0) is 68.1 Å². The molecule has 2 aromatic carbocycles. The second-order valence-electron chi connectivity index (χ2n) is 7.09. The maximum Gasteiger partial charge on any atom is 0.162 e. The number of ketones is 1. The van der Waals surface area contributed by atoms with Crippen LogP contribution in [0.3, 0.4) is 0 Å². The molecule has 3 nitrogen and oxygen atoms in total. The molecule has 3 rings (SSSR count). The summed E-state index contributed by atoms with van der Waals surface area (Å²) in [4.78, 5) is 14.6. The fraction of sp³-hybridized carbons (Fsp3) is 0.348. The molecule has 0 aliphatic carbocycles. The molecule has 0 atom stereocenters. The fourth-order valence-electron chi connectivity index (χ4n) is 3.42. The molecular weight excluding hydrogens is 322 g/mol. The van der Waals surface area contributed by atoms with Crippen molar-refractivity contribution < 1.29 is 9.90 Å². The molecule has 1 aliphatic heterocycles. The molecule has 0 saturated carbocycles. The molecular formula is C23H27NO2. The maximum absolute atomic E-state index is 12.2. The summed E-state index contributed by atoms with van der Waals surface area (Å²) >= 11 is 0. The van der Waals surface area contributed by atoms with Gasteiger partial charge in [-0.1, -0.05) is 35.9 Å². The van der Waals surface area contributed by atoms with Crippen molar-refractivity contribution >= 4 is 5.78 Å². The van der Waals surface area contributed by atoms with Crippen molar-refractivity contribution in [3.8, 4) is 5.75 Å². The molecule has 0 spiro atoms. The Hall–Kier alpha value is -2.39. The minimum Gasteiger partial charge on any atom is -0.508 e. The van der Waals surface area contributed by atoms with E-state index in [1.807, 2.05) is 0 Å². The smallest absolute Gasteiger partial charge is 0.162 e. The molecule has 0 amide bonds. The molecule has 0 aromatic heterocycles. The van der Waals surface area contributed by atoms with Crippen molar-refractivity contribution in [3.05, 3.63) is 76.9 Å². The number of rotatable bonds is 7. The molecule has 0 radical (unpaired) electrons. The minimum atomic E-state index is 0.151. The van der Waals surface area contributed by atoms with Crippen molar-refractivity contribution in [3.63, 3.8) is 0 Å². The van der Waals surface area contributed by atoms with Crippen LogP contribution >= 0.6 is 0 Å². The Morgan fingerprint density at radius 3 is 2.58 bits per heavy atom. The van der Waals surface area contributed by atoms with E-state index in [-0.39, 0.29) is 11.5 Å². The summed E-state index contributed by atoms with van der Waals surface area (Å²) in [5, 5.41) is 9.29. The number of hydrogen-bond acceptors (Lipinski definition) is 3. The normalized spacial score (nSPS) is 14.9. The van der Waals surface area contributed by atoms with E-state index in [0.717, 1.165) is 38.9 Å². The van der Waals surface area contributed by atoms with E-state index in [9.17, 15) is 9.90 Å². The second-order valence-corrected chi connectivity index (χ2v) is 7.09. The first-order valence-corrected chi connectivity index (χ1v) is 9.39. The number of aryl methyl sites for hydroxylation is 1. The number of carbonyl (C=O) groups excluding carboxylic acids is 1. The largest absolute Gasteiger partial charge is 0.508 e. The lowest BCUT2D eigenvalue weighted by molar-refractivity contribution is 0.0975. The number of Topliss-reactive ketones (excluding diaryl/α,β-unsaturated/α-hetero) is 1. The van der Waals surface area contributed by atoms with Crippen LogP contribution in [0.5, 0.6) is 5.75 Å². The topological polar surface area (TPSA) is 40.5 Å². The summed E-state index contributed by atoms with van der Waals surface area (Å²) < 4.78 is 0. The van der Waals surface area contributed by atoms with Crippen LogP contribution < -0.4 is 0 Å². The predicted octanol–water partition coefficient (Wildman–Crippen LogP) is 4.54. The summed E-state index contributed by atoms with van der Waals surface area (Å²) in [6, 6.07) is 15.1. The van der Waals surface area contributed by atoms with Gasteiger partial charge in [-0.2, -0.15) is 0 Å². The van der Waals surface area contributed by atoms with Crippen LogP contribution in [0, 0.1) is 6.92 Å². The lowest BCUT2D eigenvalue weighted by Gasteiger charge is -2.26. The van der Waals surface area contributed by atoms with Gasteiger partial charge in [0.15, 0.2) is 5.78 Å². The van der Waals surface area contributed by atoms with Crippen molar-refractivity contribution in [1.82, 2.24) is 4.90 Å². The van der Waals surface area contributed by atoms with Crippen molar-refractivity contribution in [1.29, 1.82) is 0 Å². The number of benzene rings is 2. The van der Waals surface area contributed by atoms with E-state index < -0.39 is 0 Å². The van der Waals surface area contributed by atoms with Gasteiger partial charge in [-0.3, -0.25) is 9.69 Å². The fourth-order valence-corrected chi connectivity index (χ4v) is 3.42. The van der Waals surface area contributed by atoms with Crippen LogP contribution in [-0.4, -0.2) is 35.4 Å². The van der Waals surface area contributed by atoms with Gasteiger partial charge in [0, 0.05) is 25.1 Å². The Bertz CT molecular complexity index is 777. The number of aromatic hydroxyl groups is 1. The third-order valence-electron chi connectivity index (χ3n) is 5.13. The molecule has 1 aliphatic rings. The summed E-state index contributed by atoms with van der Waals surface area (Å²) in [5.41, 5.74) is 4.99. The summed E-state index contributed by atoms with van der Waals surface area (Å²) in [5.74, 6) is 0.348. The quantitative estimate of drug-likeness (QED) is 0.589. The van der Waals surface area contributed by atoms with Crippen molar-refractivity contribution in [2.75, 3.05) is 19.6 Å². The van der Waals surface area contributed by atoms with Crippen LogP contribution in [0.4, 0.5) is 0 Å². The average Bonchev–Trinajstić information content (AvgIpc) is 2.65. The highest BCUT2D eigenvalue weighted by atomic mass is 16.3. The van der Waals surface area contributed by atoms with Gasteiger partial charge < -0.3 is 5.11 Å². The van der Waals surface area contributed by atoms with Crippen LogP contribution in [0.1, 0.15) is 40.7 Å². The molecule has 0 unspecified atom stereocenters. The monoisotopic (exact) mass is 349 g/mol. The van der Waals surface area contributed by atoms with E-state index in [1.54, 1.807) is 24.3 Å². The van der Waals surface area contributed by atoms with Gasteiger partial charge in [0.05, 0.1) is 0 Å². The van der Waals surface area contributed by atoms with Gasteiger partial charge in [0.25, 0.3) is 0 Å². The van der Waals surface area contributed by atoms with Gasteiger partial charge in [-0.15, -0.1) is 0 Å². The predicted molar refractivity (Wildman–Crippen MR) is 106 cm³/mol. The van der Waals surface area contributed by atoms with Gasteiger partial charge in [0.2, 0.25) is 0 Å². The van der Waals surface area contributed by atoms with E-state index >= 15 is 0 Å². The van der Waals surface area contributed by atoms with Crippen LogP contribution in [-0.2, 0) is 6.42 Å². The Kier molecular flexibility index (Phi) is 6.24. The first kappa shape index (κ1) is 18.4. The molecule has 0 saturated heterocycles. The first-order valence-electron chi connectivity index (χ1n) is 9.39. The lowest BCUT2D eigenvalue weighted by atomic mass is 9.96. The Morgan fingerprint density at radius 2 is 1.88 bits per heavy atom. The van der Waals surface area contributed by atoms with Crippen LogP contribution in [0.2, 0.25) is 0 Å². The number of hydrogen-bond donors (Lipinski definition) is 1. The molecule has 26 heavy (non-hydrogen) atoms. The minimum absolute atomic E-state index is 0.151. The zero-order valence-electron chi connectivity index (χ0n) is 15.4. The Morgan fingerprint density at radius 1 is 1.12 bits per heavy atom. The average molecular weight is 349 g/mol. The standard InChI is InChI=1S/C23H27NO2/c1-18-5-2-3-6-21(18)17-19-12-15-24(16-13-19)14-4-7-23(26)20-8-10-22(25)11-9-20/h2-3,5-6,8-12,25H,4,7,13-17H2,1H3. The summed E-state index contributed by atoms with van der Waals surface area (Å²) in [6.07, 6.45) is 5.96. The Labute approximate surface area is 156 Å². The van der Waals surface area contributed by atoms with E-state index in [4.69, 9.17) is 0 Å². The molecule has 3 heteroatoms. The maximum atomic E-state index is 12.2. The van der Waals surface area contributed by atoms with Gasteiger partial charge in [0.1, 0.15) is 5.75 Å². The third-order valence-corrected chi connectivity index (χ3v) is 5.13. The van der Waals surface area contributed by atoms with Crippen molar-refractivity contribution in [2.24, 2.45) is 0 Å². The van der Waals surface area contributed by atoms with E-state index in [0.29, 0.717) is 12.0 Å². The molecule has 1 heterocycles. The van der Waals surface area contributed by atoms with E-state index in [2.05, 4.69) is 42.2 Å². The number of nitrogens with zero attached hydrogens (tertiary/aromatic N) is 1. The molecule has 0 fully saturated rings. The summed E-state index contributed by atoms with van der Waals surface area (Å²) in [6.45, 7) is 5.19. The van der Waals surface area contributed by atoms with Crippen LogP contribution in [0.25, 0.3) is 0 Å². The molecule has 2 aromatic rings. The highest BCUT2D eigenvalue weighted by Gasteiger charge is 2.13. The number of carbonyl (C=O) groups is 1. The van der Waals surface area contributed by atoms with Crippen molar-refractivity contribution in [2.45, 2.75) is 32.6 Å². The highest BCUT2D eigenvalue weighted by molar-refractivity contribution is 5.96. The SMILES string of the molecule is Cc1ccccc1CC1=CCN(CCCC(=O)c2ccc(O)cc2)CC1. The number of phenols is 1. The first-order chi connectivity index (χ1) is 12.6. The van der Waals surface area contributed by atoms with Gasteiger partial charge in [-0.25, -0.2) is 0 Å². The summed E-state index contributed by atoms with van der Waals surface area (Å²) in [7, 11) is 0.